The Morgan fingerprint density at radius 1 is 1.33 bits per heavy atom. The highest BCUT2D eigenvalue weighted by molar-refractivity contribution is 6.00. The van der Waals surface area contributed by atoms with Crippen molar-refractivity contribution < 1.29 is 14.3 Å². The minimum atomic E-state index is -0.265. The maximum absolute atomic E-state index is 12.2. The molecule has 2 amide bonds. The number of rotatable bonds is 4. The number of benzene rings is 1. The van der Waals surface area contributed by atoms with Gasteiger partial charge in [-0.25, -0.2) is 0 Å². The quantitative estimate of drug-likeness (QED) is 0.909. The fraction of sp³-hybridized carbons (Fsp3) is 0.500. The molecule has 2 heterocycles. The largest absolute Gasteiger partial charge is 0.376 e. The van der Waals surface area contributed by atoms with Crippen molar-refractivity contribution in [1.29, 1.82) is 0 Å². The Bertz CT molecular complexity index is 512. The fourth-order valence-electron chi connectivity index (χ4n) is 2.90. The van der Waals surface area contributed by atoms with Crippen molar-refractivity contribution in [3.8, 4) is 0 Å². The van der Waals surface area contributed by atoms with E-state index in [0.29, 0.717) is 13.1 Å². The summed E-state index contributed by atoms with van der Waals surface area (Å²) in [6.45, 7) is 1.79. The molecular formula is C16H20N2O3. The topological polar surface area (TPSA) is 58.6 Å². The SMILES string of the molecule is O=C(NC[C@@H]1CCCO1)[C@@H]1CC(=O)N(c2ccccc2)C1. The lowest BCUT2D eigenvalue weighted by Gasteiger charge is -2.17. The van der Waals surface area contributed by atoms with Gasteiger partial charge in [-0.05, 0) is 25.0 Å². The predicted octanol–water partition coefficient (Wildman–Crippen LogP) is 1.33. The van der Waals surface area contributed by atoms with Crippen LogP contribution in [0.1, 0.15) is 19.3 Å². The smallest absolute Gasteiger partial charge is 0.227 e. The second-order valence-electron chi connectivity index (χ2n) is 5.62. The van der Waals surface area contributed by atoms with Crippen molar-refractivity contribution in [2.45, 2.75) is 25.4 Å². The van der Waals surface area contributed by atoms with Crippen molar-refractivity contribution in [1.82, 2.24) is 5.32 Å². The average Bonchev–Trinajstić information content (AvgIpc) is 3.15. The van der Waals surface area contributed by atoms with Crippen LogP contribution in [0.25, 0.3) is 0 Å². The van der Waals surface area contributed by atoms with Crippen LogP contribution in [0.2, 0.25) is 0 Å². The van der Waals surface area contributed by atoms with Gasteiger partial charge in [-0.15, -0.1) is 0 Å². The summed E-state index contributed by atoms with van der Waals surface area (Å²) in [6, 6.07) is 9.49. The molecule has 0 bridgehead atoms. The van der Waals surface area contributed by atoms with Crippen molar-refractivity contribution in [2.75, 3.05) is 24.6 Å². The molecule has 2 saturated heterocycles. The molecule has 21 heavy (non-hydrogen) atoms. The third-order valence-corrected chi connectivity index (χ3v) is 4.09. The first kappa shape index (κ1) is 14.1. The molecule has 2 fully saturated rings. The second-order valence-corrected chi connectivity index (χ2v) is 5.62. The molecule has 0 aliphatic carbocycles. The fourth-order valence-corrected chi connectivity index (χ4v) is 2.90. The maximum atomic E-state index is 12.2. The van der Waals surface area contributed by atoms with E-state index >= 15 is 0 Å². The molecule has 0 saturated carbocycles. The number of carbonyl (C=O) groups excluding carboxylic acids is 2. The average molecular weight is 288 g/mol. The Kier molecular flexibility index (Phi) is 4.20. The zero-order chi connectivity index (χ0) is 14.7. The van der Waals surface area contributed by atoms with E-state index in [9.17, 15) is 9.59 Å². The van der Waals surface area contributed by atoms with Crippen LogP contribution in [-0.4, -0.2) is 37.6 Å². The van der Waals surface area contributed by atoms with Gasteiger partial charge >= 0.3 is 0 Å². The zero-order valence-electron chi connectivity index (χ0n) is 12.0. The molecular weight excluding hydrogens is 268 g/mol. The van der Waals surface area contributed by atoms with Gasteiger partial charge < -0.3 is 15.0 Å². The van der Waals surface area contributed by atoms with Gasteiger partial charge in [-0.2, -0.15) is 0 Å². The highest BCUT2D eigenvalue weighted by atomic mass is 16.5. The predicted molar refractivity (Wildman–Crippen MR) is 78.9 cm³/mol. The number of nitrogens with one attached hydrogen (secondary N) is 1. The van der Waals surface area contributed by atoms with Crippen molar-refractivity contribution in [3.63, 3.8) is 0 Å². The Morgan fingerprint density at radius 2 is 2.14 bits per heavy atom. The molecule has 0 unspecified atom stereocenters. The third kappa shape index (κ3) is 3.24. The molecule has 5 nitrogen and oxygen atoms in total. The van der Waals surface area contributed by atoms with Gasteiger partial charge in [0.15, 0.2) is 0 Å². The molecule has 1 N–H and O–H groups in total. The summed E-state index contributed by atoms with van der Waals surface area (Å²) in [5, 5.41) is 2.92. The van der Waals surface area contributed by atoms with Gasteiger partial charge in [0.25, 0.3) is 0 Å². The monoisotopic (exact) mass is 288 g/mol. The lowest BCUT2D eigenvalue weighted by Crippen LogP contribution is -2.37. The number of hydrogen-bond donors (Lipinski definition) is 1. The van der Waals surface area contributed by atoms with E-state index in [1.807, 2.05) is 30.3 Å². The van der Waals surface area contributed by atoms with Crippen LogP contribution in [0, 0.1) is 5.92 Å². The van der Waals surface area contributed by atoms with Gasteiger partial charge in [-0.3, -0.25) is 9.59 Å². The Hall–Kier alpha value is -1.88. The maximum Gasteiger partial charge on any atom is 0.227 e. The number of hydrogen-bond acceptors (Lipinski definition) is 3. The van der Waals surface area contributed by atoms with Crippen LogP contribution in [0.3, 0.4) is 0 Å². The van der Waals surface area contributed by atoms with E-state index in [0.717, 1.165) is 25.1 Å². The van der Waals surface area contributed by atoms with Crippen molar-refractivity contribution in [2.24, 2.45) is 5.92 Å². The van der Waals surface area contributed by atoms with E-state index in [1.165, 1.54) is 0 Å². The third-order valence-electron chi connectivity index (χ3n) is 4.09. The van der Waals surface area contributed by atoms with Crippen molar-refractivity contribution >= 4 is 17.5 Å². The Labute approximate surface area is 124 Å². The van der Waals surface area contributed by atoms with Gasteiger partial charge in [0, 0.05) is 31.8 Å². The number of nitrogens with zero attached hydrogens (tertiary/aromatic N) is 1. The highest BCUT2D eigenvalue weighted by Crippen LogP contribution is 2.24. The molecule has 0 radical (unpaired) electrons. The molecule has 112 valence electrons. The second kappa shape index (κ2) is 6.26. The first-order valence-corrected chi connectivity index (χ1v) is 7.49. The number of anilines is 1. The van der Waals surface area contributed by atoms with Gasteiger partial charge in [0.2, 0.25) is 11.8 Å². The summed E-state index contributed by atoms with van der Waals surface area (Å²) in [5.74, 6) is -0.296. The van der Waals surface area contributed by atoms with E-state index in [4.69, 9.17) is 4.74 Å². The van der Waals surface area contributed by atoms with Crippen molar-refractivity contribution in [3.05, 3.63) is 30.3 Å². The van der Waals surface area contributed by atoms with E-state index in [-0.39, 0.29) is 30.3 Å². The van der Waals surface area contributed by atoms with Crippen LogP contribution in [0.5, 0.6) is 0 Å². The molecule has 5 heteroatoms. The minimum absolute atomic E-state index is 0.0125. The molecule has 0 aromatic heterocycles. The summed E-state index contributed by atoms with van der Waals surface area (Å²) in [6.07, 6.45) is 2.48. The van der Waals surface area contributed by atoms with E-state index in [1.54, 1.807) is 4.90 Å². The lowest BCUT2D eigenvalue weighted by molar-refractivity contribution is -0.126. The molecule has 0 spiro atoms. The molecule has 3 rings (SSSR count). The molecule has 2 atom stereocenters. The Morgan fingerprint density at radius 3 is 2.86 bits per heavy atom. The van der Waals surface area contributed by atoms with E-state index < -0.39 is 0 Å². The standard InChI is InChI=1S/C16H20N2O3/c19-15-9-12(11-18(15)13-5-2-1-3-6-13)16(20)17-10-14-7-4-8-21-14/h1-3,5-6,12,14H,4,7-11H2,(H,17,20)/t12-,14+/m1/s1. The number of para-hydroxylation sites is 1. The zero-order valence-corrected chi connectivity index (χ0v) is 12.0. The normalized spacial score (nSPS) is 25.3. The summed E-state index contributed by atoms with van der Waals surface area (Å²) >= 11 is 0. The lowest BCUT2D eigenvalue weighted by atomic mass is 10.1. The highest BCUT2D eigenvalue weighted by Gasteiger charge is 2.35. The number of ether oxygens (including phenoxy) is 1. The van der Waals surface area contributed by atoms with Gasteiger partial charge in [0.05, 0.1) is 12.0 Å². The Balaban J connectivity index is 1.55. The summed E-state index contributed by atoms with van der Waals surface area (Å²) < 4.78 is 5.49. The van der Waals surface area contributed by atoms with Gasteiger partial charge in [0.1, 0.15) is 0 Å². The van der Waals surface area contributed by atoms with Crippen LogP contribution >= 0.6 is 0 Å². The minimum Gasteiger partial charge on any atom is -0.376 e. The van der Waals surface area contributed by atoms with Crippen LogP contribution < -0.4 is 10.2 Å². The van der Waals surface area contributed by atoms with Crippen LogP contribution in [0.4, 0.5) is 5.69 Å². The van der Waals surface area contributed by atoms with Gasteiger partial charge in [-0.1, -0.05) is 18.2 Å². The molecule has 1 aromatic rings. The summed E-state index contributed by atoms with van der Waals surface area (Å²) in [5.41, 5.74) is 0.858. The molecule has 1 aromatic carbocycles. The van der Waals surface area contributed by atoms with Crippen LogP contribution in [-0.2, 0) is 14.3 Å². The first-order valence-electron chi connectivity index (χ1n) is 7.49. The molecule has 2 aliphatic rings. The number of carbonyl (C=O) groups is 2. The number of amides is 2. The van der Waals surface area contributed by atoms with E-state index in [2.05, 4.69) is 5.32 Å². The first-order chi connectivity index (χ1) is 10.2. The van der Waals surface area contributed by atoms with Crippen LogP contribution in [0.15, 0.2) is 30.3 Å². The summed E-state index contributed by atoms with van der Waals surface area (Å²) in [7, 11) is 0. The molecule has 2 aliphatic heterocycles. The summed E-state index contributed by atoms with van der Waals surface area (Å²) in [4.78, 5) is 25.9.